The van der Waals surface area contributed by atoms with Gasteiger partial charge in [-0.1, -0.05) is 6.42 Å². The maximum Gasteiger partial charge on any atom is 0.282 e. The fraction of sp³-hybridized carbons (Fsp3) is 1.00. The number of nitrogens with zero attached hydrogens (tertiary/aromatic N) is 2. The van der Waals surface area contributed by atoms with Gasteiger partial charge in [-0.3, -0.25) is 0 Å². The Balaban J connectivity index is 1.75. The summed E-state index contributed by atoms with van der Waals surface area (Å²) in [5, 5.41) is 3.47. The van der Waals surface area contributed by atoms with Gasteiger partial charge in [-0.25, -0.2) is 0 Å². The van der Waals surface area contributed by atoms with Crippen molar-refractivity contribution in [2.75, 3.05) is 32.7 Å². The standard InChI is InChI=1S/C15H29N3O2S/c1-14-6-2-3-11-18(14)21(19,20)17-10-5-8-15(13-17)7-4-9-16-12-15/h14,16H,2-13H2,1H3. The maximum atomic E-state index is 13.0. The largest absolute Gasteiger partial charge is 0.316 e. The minimum absolute atomic E-state index is 0.158. The van der Waals surface area contributed by atoms with Gasteiger partial charge in [0.15, 0.2) is 0 Å². The van der Waals surface area contributed by atoms with Crippen LogP contribution in [-0.4, -0.2) is 55.8 Å². The van der Waals surface area contributed by atoms with Crippen molar-refractivity contribution in [1.29, 1.82) is 0 Å². The highest BCUT2D eigenvalue weighted by Crippen LogP contribution is 2.37. The number of hydrogen-bond acceptors (Lipinski definition) is 3. The monoisotopic (exact) mass is 315 g/mol. The number of hydrogen-bond donors (Lipinski definition) is 1. The number of rotatable bonds is 2. The molecule has 21 heavy (non-hydrogen) atoms. The molecule has 0 aliphatic carbocycles. The summed E-state index contributed by atoms with van der Waals surface area (Å²) < 4.78 is 29.6. The third kappa shape index (κ3) is 3.14. The number of piperidine rings is 3. The van der Waals surface area contributed by atoms with Crippen LogP contribution >= 0.6 is 0 Å². The molecule has 3 aliphatic heterocycles. The molecule has 0 bridgehead atoms. The van der Waals surface area contributed by atoms with E-state index in [1.165, 1.54) is 19.3 Å². The molecular weight excluding hydrogens is 286 g/mol. The molecule has 0 aromatic carbocycles. The molecule has 3 rings (SSSR count). The van der Waals surface area contributed by atoms with Gasteiger partial charge in [-0.15, -0.1) is 0 Å². The summed E-state index contributed by atoms with van der Waals surface area (Å²) in [7, 11) is -3.27. The summed E-state index contributed by atoms with van der Waals surface area (Å²) in [4.78, 5) is 0. The zero-order chi connectivity index (χ0) is 14.9. The quantitative estimate of drug-likeness (QED) is 0.841. The van der Waals surface area contributed by atoms with E-state index in [0.29, 0.717) is 19.6 Å². The van der Waals surface area contributed by atoms with Crippen LogP contribution in [0.3, 0.4) is 0 Å². The van der Waals surface area contributed by atoms with Gasteiger partial charge in [-0.2, -0.15) is 17.0 Å². The molecule has 3 heterocycles. The Bertz CT molecular complexity index is 454. The van der Waals surface area contributed by atoms with E-state index in [9.17, 15) is 8.42 Å². The normalized spacial score (nSPS) is 36.9. The van der Waals surface area contributed by atoms with Crippen LogP contribution in [0.4, 0.5) is 0 Å². The van der Waals surface area contributed by atoms with E-state index in [4.69, 9.17) is 0 Å². The van der Waals surface area contributed by atoms with Gasteiger partial charge in [0.2, 0.25) is 0 Å². The van der Waals surface area contributed by atoms with Crippen molar-refractivity contribution in [2.45, 2.75) is 57.9 Å². The molecule has 122 valence electrons. The fourth-order valence-corrected chi connectivity index (χ4v) is 6.31. The van der Waals surface area contributed by atoms with Crippen molar-refractivity contribution in [3.63, 3.8) is 0 Å². The molecule has 6 heteroatoms. The van der Waals surface area contributed by atoms with Gasteiger partial charge >= 0.3 is 0 Å². The van der Waals surface area contributed by atoms with E-state index in [2.05, 4.69) is 12.2 Å². The van der Waals surface area contributed by atoms with Crippen molar-refractivity contribution >= 4 is 10.2 Å². The second kappa shape index (κ2) is 6.14. The third-order valence-corrected chi connectivity index (χ3v) is 7.65. The fourth-order valence-electron chi connectivity index (χ4n) is 4.30. The Kier molecular flexibility index (Phi) is 4.60. The summed E-state index contributed by atoms with van der Waals surface area (Å²) >= 11 is 0. The molecule has 0 saturated carbocycles. The lowest BCUT2D eigenvalue weighted by atomic mass is 9.75. The molecular formula is C15H29N3O2S. The lowest BCUT2D eigenvalue weighted by Gasteiger charge is -2.46. The molecule has 1 N–H and O–H groups in total. The number of nitrogens with one attached hydrogen (secondary N) is 1. The maximum absolute atomic E-state index is 13.0. The van der Waals surface area contributed by atoms with E-state index >= 15 is 0 Å². The van der Waals surface area contributed by atoms with Crippen molar-refractivity contribution < 1.29 is 8.42 Å². The van der Waals surface area contributed by atoms with Crippen molar-refractivity contribution in [3.05, 3.63) is 0 Å². The minimum Gasteiger partial charge on any atom is -0.316 e. The molecule has 0 amide bonds. The zero-order valence-corrected chi connectivity index (χ0v) is 14.0. The van der Waals surface area contributed by atoms with Gasteiger partial charge < -0.3 is 5.32 Å². The summed E-state index contributed by atoms with van der Waals surface area (Å²) in [5.74, 6) is 0. The van der Waals surface area contributed by atoms with Crippen molar-refractivity contribution in [1.82, 2.24) is 13.9 Å². The lowest BCUT2D eigenvalue weighted by Crippen LogP contribution is -2.57. The zero-order valence-electron chi connectivity index (χ0n) is 13.2. The van der Waals surface area contributed by atoms with E-state index in [1.54, 1.807) is 8.61 Å². The first kappa shape index (κ1) is 15.7. The van der Waals surface area contributed by atoms with Crippen LogP contribution in [-0.2, 0) is 10.2 Å². The molecule has 3 aliphatic rings. The van der Waals surface area contributed by atoms with Gasteiger partial charge in [0.25, 0.3) is 10.2 Å². The predicted octanol–water partition coefficient (Wildman–Crippen LogP) is 1.57. The molecule has 1 spiro atoms. The predicted molar refractivity (Wildman–Crippen MR) is 84.3 cm³/mol. The van der Waals surface area contributed by atoms with Crippen LogP contribution in [0.5, 0.6) is 0 Å². The second-order valence-electron chi connectivity index (χ2n) is 7.18. The topological polar surface area (TPSA) is 52.7 Å². The first-order valence-electron chi connectivity index (χ1n) is 8.51. The average molecular weight is 315 g/mol. The van der Waals surface area contributed by atoms with Gasteiger partial charge in [0.1, 0.15) is 0 Å². The van der Waals surface area contributed by atoms with Crippen LogP contribution < -0.4 is 5.32 Å². The highest BCUT2D eigenvalue weighted by Gasteiger charge is 2.43. The van der Waals surface area contributed by atoms with E-state index in [0.717, 1.165) is 38.8 Å². The first-order chi connectivity index (χ1) is 10.0. The van der Waals surface area contributed by atoms with Crippen LogP contribution in [0.25, 0.3) is 0 Å². The molecule has 0 aromatic heterocycles. The molecule has 5 nitrogen and oxygen atoms in total. The Morgan fingerprint density at radius 3 is 2.62 bits per heavy atom. The average Bonchev–Trinajstić information content (AvgIpc) is 2.48. The molecule has 3 fully saturated rings. The smallest absolute Gasteiger partial charge is 0.282 e. The van der Waals surface area contributed by atoms with E-state index in [1.807, 2.05) is 0 Å². The SMILES string of the molecule is CC1CCCCN1S(=O)(=O)N1CCCC2(CCCNC2)C1. The molecule has 2 unspecified atom stereocenters. The van der Waals surface area contributed by atoms with Gasteiger partial charge in [-0.05, 0) is 57.4 Å². The Labute approximate surface area is 129 Å². The molecule has 0 aromatic rings. The minimum atomic E-state index is -3.27. The van der Waals surface area contributed by atoms with Crippen molar-refractivity contribution in [2.24, 2.45) is 5.41 Å². The summed E-state index contributed by atoms with van der Waals surface area (Å²) in [5.41, 5.74) is 0.183. The van der Waals surface area contributed by atoms with Gasteiger partial charge in [0.05, 0.1) is 0 Å². The highest BCUT2D eigenvalue weighted by atomic mass is 32.2. The van der Waals surface area contributed by atoms with Crippen LogP contribution in [0.15, 0.2) is 0 Å². The lowest BCUT2D eigenvalue weighted by molar-refractivity contribution is 0.103. The Morgan fingerprint density at radius 2 is 1.90 bits per heavy atom. The van der Waals surface area contributed by atoms with Crippen LogP contribution in [0.2, 0.25) is 0 Å². The summed E-state index contributed by atoms with van der Waals surface area (Å²) in [6, 6.07) is 0.158. The summed E-state index contributed by atoms with van der Waals surface area (Å²) in [6.07, 6.45) is 7.67. The molecule has 2 atom stereocenters. The van der Waals surface area contributed by atoms with Crippen molar-refractivity contribution in [3.8, 4) is 0 Å². The van der Waals surface area contributed by atoms with E-state index in [-0.39, 0.29) is 11.5 Å². The highest BCUT2D eigenvalue weighted by molar-refractivity contribution is 7.86. The molecule has 0 radical (unpaired) electrons. The summed E-state index contributed by atoms with van der Waals surface area (Å²) in [6.45, 7) is 6.23. The van der Waals surface area contributed by atoms with Gasteiger partial charge in [0, 0.05) is 32.2 Å². The Morgan fingerprint density at radius 1 is 1.10 bits per heavy atom. The van der Waals surface area contributed by atoms with Crippen LogP contribution in [0, 0.1) is 5.41 Å². The third-order valence-electron chi connectivity index (χ3n) is 5.55. The second-order valence-corrected chi connectivity index (χ2v) is 9.06. The van der Waals surface area contributed by atoms with Crippen LogP contribution in [0.1, 0.15) is 51.9 Å². The van der Waals surface area contributed by atoms with E-state index < -0.39 is 10.2 Å². The molecule has 3 saturated heterocycles. The first-order valence-corrected chi connectivity index (χ1v) is 9.91. The Hall–Kier alpha value is -0.170.